The second kappa shape index (κ2) is 7.37. The van der Waals surface area contributed by atoms with E-state index in [1.54, 1.807) is 0 Å². The minimum Gasteiger partial charge on any atom is -0.331 e. The third kappa shape index (κ3) is 4.46. The second-order valence-corrected chi connectivity index (χ2v) is 6.87. The predicted molar refractivity (Wildman–Crippen MR) is 101 cm³/mol. The van der Waals surface area contributed by atoms with Crippen LogP contribution in [0.1, 0.15) is 23.5 Å². The summed E-state index contributed by atoms with van der Waals surface area (Å²) in [7, 11) is 0. The number of carbonyl (C=O) groups excluding carboxylic acids is 1. The number of halogens is 2. The van der Waals surface area contributed by atoms with Crippen molar-refractivity contribution in [3.05, 3.63) is 64.4 Å². The molecule has 130 valence electrons. The van der Waals surface area contributed by atoms with Gasteiger partial charge in [-0.15, -0.1) is 0 Å². The molecular weight excluding hydrogens is 361 g/mol. The molecule has 2 aromatic carbocycles. The molecule has 3 N–H and O–H groups in total. The number of rotatable bonds is 3. The highest BCUT2D eigenvalue weighted by Gasteiger charge is 2.43. The minimum atomic E-state index is -0.504. The van der Waals surface area contributed by atoms with Gasteiger partial charge in [0.2, 0.25) is 5.91 Å². The van der Waals surface area contributed by atoms with Crippen LogP contribution in [0.3, 0.4) is 0 Å². The zero-order valence-corrected chi connectivity index (χ0v) is 15.0. The molecule has 25 heavy (non-hydrogen) atoms. The van der Waals surface area contributed by atoms with Crippen LogP contribution in [0.2, 0.25) is 5.02 Å². The quantitative estimate of drug-likeness (QED) is 0.560. The number of thiocarbonyl (C=S) groups is 1. The third-order valence-electron chi connectivity index (χ3n) is 4.11. The molecule has 7 heteroatoms. The van der Waals surface area contributed by atoms with Gasteiger partial charge in [0, 0.05) is 11.6 Å². The maximum atomic E-state index is 13.1. The minimum absolute atomic E-state index is 0.00393. The Bertz CT molecular complexity index is 812. The number of benzene rings is 2. The van der Waals surface area contributed by atoms with Gasteiger partial charge in [0.05, 0.1) is 5.02 Å². The first-order valence-electron chi connectivity index (χ1n) is 7.82. The lowest BCUT2D eigenvalue weighted by Crippen LogP contribution is -2.44. The molecule has 1 aliphatic rings. The zero-order valence-electron chi connectivity index (χ0n) is 13.5. The fourth-order valence-corrected chi connectivity index (χ4v) is 2.96. The molecule has 0 unspecified atom stereocenters. The Hall–Kier alpha value is -2.18. The number of nitrogens with one attached hydrogen (secondary N) is 3. The summed E-state index contributed by atoms with van der Waals surface area (Å²) in [5, 5.41) is 3.02. The van der Waals surface area contributed by atoms with Crippen LogP contribution in [0.5, 0.6) is 0 Å². The van der Waals surface area contributed by atoms with Crippen LogP contribution >= 0.6 is 23.8 Å². The monoisotopic (exact) mass is 377 g/mol. The number of hydrazine groups is 1. The van der Waals surface area contributed by atoms with E-state index in [4.69, 9.17) is 23.8 Å². The van der Waals surface area contributed by atoms with E-state index >= 15 is 0 Å². The number of hydrogen-bond donors (Lipinski definition) is 3. The highest BCUT2D eigenvalue weighted by atomic mass is 35.5. The van der Waals surface area contributed by atoms with E-state index in [0.717, 1.165) is 6.42 Å². The van der Waals surface area contributed by atoms with Gasteiger partial charge in [-0.3, -0.25) is 15.6 Å². The average Bonchev–Trinajstić information content (AvgIpc) is 3.37. The van der Waals surface area contributed by atoms with E-state index in [2.05, 4.69) is 28.3 Å². The first-order valence-corrected chi connectivity index (χ1v) is 8.61. The predicted octanol–water partition coefficient (Wildman–Crippen LogP) is 3.91. The molecular formula is C18H17ClFN3OS. The van der Waals surface area contributed by atoms with Crippen LogP contribution in [0, 0.1) is 18.7 Å². The van der Waals surface area contributed by atoms with Crippen molar-refractivity contribution in [2.75, 3.05) is 5.32 Å². The van der Waals surface area contributed by atoms with Crippen LogP contribution < -0.4 is 16.2 Å². The van der Waals surface area contributed by atoms with Crippen LogP contribution in [-0.4, -0.2) is 11.0 Å². The summed E-state index contributed by atoms with van der Waals surface area (Å²) in [6.07, 6.45) is 0.824. The Labute approximate surface area is 155 Å². The molecule has 1 aliphatic carbocycles. The first kappa shape index (κ1) is 17.6. The summed E-state index contributed by atoms with van der Waals surface area (Å²) in [5.74, 6) is -0.416. The van der Waals surface area contributed by atoms with Crippen LogP contribution in [0.4, 0.5) is 10.1 Å². The molecule has 0 heterocycles. The molecule has 0 aromatic heterocycles. The number of amides is 1. The standard InChI is InChI=1S/C18H17ClFN3OS/c1-10-2-4-11(5-3-10)13-9-14(13)17(24)22-23-18(25)21-12-6-7-16(20)15(19)8-12/h2-8,13-14H,9H2,1H3,(H,22,24)(H2,21,23,25)/t13-,14+/m1/s1. The fourth-order valence-electron chi connectivity index (χ4n) is 2.61. The third-order valence-corrected chi connectivity index (χ3v) is 4.60. The molecule has 1 fully saturated rings. The van der Waals surface area contributed by atoms with E-state index < -0.39 is 5.82 Å². The van der Waals surface area contributed by atoms with Crippen LogP contribution in [0.15, 0.2) is 42.5 Å². The normalized spacial score (nSPS) is 18.4. The van der Waals surface area contributed by atoms with Crippen LogP contribution in [0.25, 0.3) is 0 Å². The highest BCUT2D eigenvalue weighted by Crippen LogP contribution is 2.47. The Morgan fingerprint density at radius 3 is 2.60 bits per heavy atom. The zero-order chi connectivity index (χ0) is 18.0. The maximum Gasteiger partial charge on any atom is 0.242 e. The van der Waals surface area contributed by atoms with Gasteiger partial charge in [0.1, 0.15) is 5.82 Å². The Morgan fingerprint density at radius 2 is 1.92 bits per heavy atom. The van der Waals surface area contributed by atoms with Crippen molar-refractivity contribution in [3.8, 4) is 0 Å². The number of hydrogen-bond acceptors (Lipinski definition) is 2. The van der Waals surface area contributed by atoms with Crippen molar-refractivity contribution in [1.82, 2.24) is 10.9 Å². The Balaban J connectivity index is 1.47. The molecule has 1 amide bonds. The van der Waals surface area contributed by atoms with Crippen molar-refractivity contribution in [1.29, 1.82) is 0 Å². The lowest BCUT2D eigenvalue weighted by Gasteiger charge is -2.12. The number of anilines is 1. The number of carbonyl (C=O) groups is 1. The van der Waals surface area contributed by atoms with Crippen LogP contribution in [-0.2, 0) is 4.79 Å². The van der Waals surface area contributed by atoms with E-state index in [1.807, 2.05) is 19.1 Å². The summed E-state index contributed by atoms with van der Waals surface area (Å²) in [6.45, 7) is 2.03. The summed E-state index contributed by atoms with van der Waals surface area (Å²) in [5.41, 5.74) is 8.16. The van der Waals surface area contributed by atoms with E-state index in [9.17, 15) is 9.18 Å². The molecule has 0 radical (unpaired) electrons. The van der Waals surface area contributed by atoms with Crippen molar-refractivity contribution in [2.24, 2.45) is 5.92 Å². The van der Waals surface area contributed by atoms with Crippen molar-refractivity contribution in [3.63, 3.8) is 0 Å². The van der Waals surface area contributed by atoms with Gasteiger partial charge in [-0.1, -0.05) is 41.4 Å². The smallest absolute Gasteiger partial charge is 0.242 e. The van der Waals surface area contributed by atoms with Gasteiger partial charge in [-0.05, 0) is 55.2 Å². The average molecular weight is 378 g/mol. The second-order valence-electron chi connectivity index (χ2n) is 6.06. The lowest BCUT2D eigenvalue weighted by atomic mass is 10.1. The Morgan fingerprint density at radius 1 is 1.20 bits per heavy atom. The van der Waals surface area contributed by atoms with Crippen molar-refractivity contribution < 1.29 is 9.18 Å². The molecule has 2 atom stereocenters. The van der Waals surface area contributed by atoms with Gasteiger partial charge in [0.25, 0.3) is 0 Å². The molecule has 0 saturated heterocycles. The van der Waals surface area contributed by atoms with E-state index in [0.29, 0.717) is 5.69 Å². The number of aryl methyl sites for hydroxylation is 1. The fraction of sp³-hybridized carbons (Fsp3) is 0.222. The maximum absolute atomic E-state index is 13.1. The summed E-state index contributed by atoms with van der Waals surface area (Å²) < 4.78 is 13.1. The molecule has 0 spiro atoms. The molecule has 0 aliphatic heterocycles. The first-order chi connectivity index (χ1) is 11.9. The highest BCUT2D eigenvalue weighted by molar-refractivity contribution is 7.80. The van der Waals surface area contributed by atoms with E-state index in [-0.39, 0.29) is 27.9 Å². The molecule has 2 aromatic rings. The van der Waals surface area contributed by atoms with Gasteiger partial charge < -0.3 is 5.32 Å². The topological polar surface area (TPSA) is 53.2 Å². The summed E-state index contributed by atoms with van der Waals surface area (Å²) in [4.78, 5) is 12.2. The van der Waals surface area contributed by atoms with Gasteiger partial charge >= 0.3 is 0 Å². The summed E-state index contributed by atoms with van der Waals surface area (Å²) >= 11 is 10.8. The largest absolute Gasteiger partial charge is 0.331 e. The van der Waals surface area contributed by atoms with Gasteiger partial charge in [0.15, 0.2) is 5.11 Å². The SMILES string of the molecule is Cc1ccc([C@H]2C[C@@H]2C(=O)NNC(=S)Nc2ccc(F)c(Cl)c2)cc1. The Kier molecular flexibility index (Phi) is 5.20. The summed E-state index contributed by atoms with van der Waals surface area (Å²) in [6, 6.07) is 12.4. The van der Waals surface area contributed by atoms with Crippen molar-refractivity contribution >= 4 is 40.5 Å². The molecule has 1 saturated carbocycles. The van der Waals surface area contributed by atoms with Gasteiger partial charge in [-0.25, -0.2) is 4.39 Å². The van der Waals surface area contributed by atoms with E-state index in [1.165, 1.54) is 29.3 Å². The molecule has 4 nitrogen and oxygen atoms in total. The molecule has 3 rings (SSSR count). The molecule has 0 bridgehead atoms. The van der Waals surface area contributed by atoms with Gasteiger partial charge in [-0.2, -0.15) is 0 Å². The van der Waals surface area contributed by atoms with Crippen molar-refractivity contribution in [2.45, 2.75) is 19.3 Å². The lowest BCUT2D eigenvalue weighted by molar-refractivity contribution is -0.122.